The van der Waals surface area contributed by atoms with E-state index < -0.39 is 0 Å². The summed E-state index contributed by atoms with van der Waals surface area (Å²) in [6.45, 7) is 0. The number of nitrogens with one attached hydrogen (secondary N) is 2. The van der Waals surface area contributed by atoms with Crippen molar-refractivity contribution in [3.05, 3.63) is 39.5 Å². The lowest BCUT2D eigenvalue weighted by molar-refractivity contribution is -0.113. The molecule has 0 aromatic carbocycles. The lowest BCUT2D eigenvalue weighted by Gasteiger charge is -2.02. The van der Waals surface area contributed by atoms with Crippen molar-refractivity contribution in [2.45, 2.75) is 5.16 Å². The molecule has 0 fully saturated rings. The number of aromatic nitrogens is 4. The molecule has 98 valence electrons. The van der Waals surface area contributed by atoms with E-state index in [-0.39, 0.29) is 23.2 Å². The first-order valence-electron chi connectivity index (χ1n) is 5.09. The van der Waals surface area contributed by atoms with Gasteiger partial charge in [0.2, 0.25) is 11.9 Å². The van der Waals surface area contributed by atoms with Crippen LogP contribution in [-0.4, -0.2) is 31.6 Å². The zero-order valence-electron chi connectivity index (χ0n) is 9.46. The fraction of sp³-hybridized carbons (Fsp3) is 0.100. The number of H-pyrrole nitrogens is 1. The maximum Gasteiger partial charge on any atom is 0.251 e. The summed E-state index contributed by atoms with van der Waals surface area (Å²) in [5, 5.41) is 2.92. The average Bonchev–Trinajstić information content (AvgIpc) is 2.39. The van der Waals surface area contributed by atoms with Crippen LogP contribution in [0.2, 0.25) is 0 Å². The molecule has 2 heterocycles. The van der Waals surface area contributed by atoms with Crippen LogP contribution in [0, 0.1) is 0 Å². The fourth-order valence-corrected chi connectivity index (χ4v) is 1.95. The minimum atomic E-state index is -0.279. The molecule has 0 bridgehead atoms. The van der Waals surface area contributed by atoms with Gasteiger partial charge in [0.15, 0.2) is 5.16 Å². The van der Waals surface area contributed by atoms with Crippen molar-refractivity contribution in [1.82, 2.24) is 19.9 Å². The van der Waals surface area contributed by atoms with Crippen molar-refractivity contribution in [3.63, 3.8) is 0 Å². The van der Waals surface area contributed by atoms with Gasteiger partial charge in [-0.05, 0) is 15.9 Å². The number of carbonyl (C=O) groups excluding carboxylic acids is 1. The van der Waals surface area contributed by atoms with Gasteiger partial charge in [-0.3, -0.25) is 14.9 Å². The summed E-state index contributed by atoms with van der Waals surface area (Å²) in [5.41, 5.74) is -0.255. The summed E-state index contributed by atoms with van der Waals surface area (Å²) in [4.78, 5) is 36.9. The van der Waals surface area contributed by atoms with Crippen LogP contribution in [0.15, 0.2) is 39.1 Å². The molecule has 2 aromatic heterocycles. The van der Waals surface area contributed by atoms with Gasteiger partial charge < -0.3 is 4.98 Å². The number of nitrogens with zero attached hydrogens (tertiary/aromatic N) is 3. The molecular formula is C10H8BrN5O2S. The zero-order chi connectivity index (χ0) is 13.7. The molecular weight excluding hydrogens is 334 g/mol. The predicted octanol–water partition coefficient (Wildman–Crippen LogP) is 1.05. The van der Waals surface area contributed by atoms with Gasteiger partial charge in [0.25, 0.3) is 5.56 Å². The Balaban J connectivity index is 1.88. The molecule has 0 aliphatic carbocycles. The number of carbonyl (C=O) groups is 1. The highest BCUT2D eigenvalue weighted by atomic mass is 79.9. The quantitative estimate of drug-likeness (QED) is 0.636. The molecule has 2 aromatic rings. The number of halogens is 1. The second-order valence-corrected chi connectivity index (χ2v) is 5.18. The van der Waals surface area contributed by atoms with Crippen molar-refractivity contribution < 1.29 is 4.79 Å². The van der Waals surface area contributed by atoms with Gasteiger partial charge in [-0.2, -0.15) is 0 Å². The molecule has 1 amide bonds. The van der Waals surface area contributed by atoms with Crippen LogP contribution >= 0.6 is 27.7 Å². The van der Waals surface area contributed by atoms with Crippen LogP contribution in [-0.2, 0) is 4.79 Å². The molecule has 0 aliphatic rings. The van der Waals surface area contributed by atoms with Crippen molar-refractivity contribution >= 4 is 39.5 Å². The second kappa shape index (κ2) is 6.43. The van der Waals surface area contributed by atoms with Gasteiger partial charge in [-0.1, -0.05) is 11.8 Å². The smallest absolute Gasteiger partial charge is 0.251 e. The summed E-state index contributed by atoms with van der Waals surface area (Å²) in [5.74, 6) is 0.0500. The number of thioether (sulfide) groups is 1. The highest BCUT2D eigenvalue weighted by Crippen LogP contribution is 2.11. The number of hydrogen-bond donors (Lipinski definition) is 2. The second-order valence-electron chi connectivity index (χ2n) is 3.30. The Bertz CT molecular complexity index is 630. The topological polar surface area (TPSA) is 101 Å². The molecule has 0 spiro atoms. The van der Waals surface area contributed by atoms with Crippen LogP contribution in [0.25, 0.3) is 0 Å². The van der Waals surface area contributed by atoms with Crippen LogP contribution in [0.1, 0.15) is 0 Å². The number of aromatic amines is 1. The molecule has 2 rings (SSSR count). The molecule has 19 heavy (non-hydrogen) atoms. The van der Waals surface area contributed by atoms with Gasteiger partial charge in [-0.15, -0.1) is 0 Å². The molecule has 0 unspecified atom stereocenters. The lowest BCUT2D eigenvalue weighted by atomic mass is 10.6. The average molecular weight is 342 g/mol. The first-order chi connectivity index (χ1) is 9.13. The zero-order valence-corrected chi connectivity index (χ0v) is 11.9. The van der Waals surface area contributed by atoms with Crippen molar-refractivity contribution in [1.29, 1.82) is 0 Å². The number of hydrogen-bond acceptors (Lipinski definition) is 6. The Morgan fingerprint density at radius 1 is 1.37 bits per heavy atom. The van der Waals surface area contributed by atoms with E-state index in [1.54, 1.807) is 0 Å². The lowest BCUT2D eigenvalue weighted by Crippen LogP contribution is -2.16. The largest absolute Gasteiger partial charge is 0.301 e. The number of rotatable bonds is 4. The molecule has 0 atom stereocenters. The van der Waals surface area contributed by atoms with Gasteiger partial charge in [0.05, 0.1) is 10.2 Å². The minimum Gasteiger partial charge on any atom is -0.301 e. The van der Waals surface area contributed by atoms with Gasteiger partial charge in [0.1, 0.15) is 0 Å². The van der Waals surface area contributed by atoms with Crippen LogP contribution in [0.4, 0.5) is 5.95 Å². The Morgan fingerprint density at radius 3 is 2.79 bits per heavy atom. The van der Waals surface area contributed by atoms with Crippen molar-refractivity contribution in [2.24, 2.45) is 0 Å². The van der Waals surface area contributed by atoms with E-state index in [0.29, 0.717) is 5.16 Å². The van der Waals surface area contributed by atoms with E-state index in [4.69, 9.17) is 0 Å². The van der Waals surface area contributed by atoms with E-state index in [1.807, 2.05) is 0 Å². The Hall–Kier alpha value is -1.74. The van der Waals surface area contributed by atoms with E-state index >= 15 is 0 Å². The standard InChI is InChI=1S/C10H8BrN5O2S/c11-6-3-13-9(14-4-6)15-8(18)5-19-10-12-2-1-7(17)16-10/h1-4H,5H2,(H,12,16,17)(H,13,14,15,18). The van der Waals surface area contributed by atoms with Crippen LogP contribution < -0.4 is 10.9 Å². The molecule has 7 nitrogen and oxygen atoms in total. The van der Waals surface area contributed by atoms with E-state index in [9.17, 15) is 9.59 Å². The highest BCUT2D eigenvalue weighted by molar-refractivity contribution is 9.10. The van der Waals surface area contributed by atoms with Crippen molar-refractivity contribution in [3.8, 4) is 0 Å². The van der Waals surface area contributed by atoms with Crippen LogP contribution in [0.5, 0.6) is 0 Å². The first-order valence-corrected chi connectivity index (χ1v) is 6.87. The Kier molecular flexibility index (Phi) is 4.63. The number of amides is 1. The minimum absolute atomic E-state index is 0.104. The van der Waals surface area contributed by atoms with Gasteiger partial charge in [-0.25, -0.2) is 15.0 Å². The SMILES string of the molecule is O=C(CSc1nccc(=O)[nH]1)Nc1ncc(Br)cn1. The third-order valence-electron chi connectivity index (χ3n) is 1.86. The van der Waals surface area contributed by atoms with E-state index in [0.717, 1.165) is 16.2 Å². The summed E-state index contributed by atoms with van der Waals surface area (Å²) in [6.07, 6.45) is 4.45. The van der Waals surface area contributed by atoms with E-state index in [2.05, 4.69) is 41.2 Å². The molecule has 0 saturated carbocycles. The molecule has 2 N–H and O–H groups in total. The third-order valence-corrected chi connectivity index (χ3v) is 3.16. The summed E-state index contributed by atoms with van der Waals surface area (Å²) in [6, 6.07) is 1.31. The molecule has 0 saturated heterocycles. The number of anilines is 1. The summed E-state index contributed by atoms with van der Waals surface area (Å²) in [7, 11) is 0. The Morgan fingerprint density at radius 2 is 2.11 bits per heavy atom. The fourth-order valence-electron chi connectivity index (χ4n) is 1.10. The normalized spacial score (nSPS) is 10.2. The first kappa shape index (κ1) is 13.7. The maximum absolute atomic E-state index is 11.6. The van der Waals surface area contributed by atoms with E-state index in [1.165, 1.54) is 24.7 Å². The monoisotopic (exact) mass is 341 g/mol. The molecule has 9 heteroatoms. The summed E-state index contributed by atoms with van der Waals surface area (Å²) >= 11 is 4.32. The predicted molar refractivity (Wildman–Crippen MR) is 73.9 cm³/mol. The third kappa shape index (κ3) is 4.45. The molecule has 0 radical (unpaired) electrons. The van der Waals surface area contributed by atoms with Gasteiger partial charge >= 0.3 is 0 Å². The van der Waals surface area contributed by atoms with Gasteiger partial charge in [0, 0.05) is 24.7 Å². The molecule has 0 aliphatic heterocycles. The van der Waals surface area contributed by atoms with Crippen molar-refractivity contribution in [2.75, 3.05) is 11.1 Å². The maximum atomic E-state index is 11.6. The highest BCUT2D eigenvalue weighted by Gasteiger charge is 2.06. The Labute approximate surface area is 120 Å². The summed E-state index contributed by atoms with van der Waals surface area (Å²) < 4.78 is 0.728. The van der Waals surface area contributed by atoms with Crippen LogP contribution in [0.3, 0.4) is 0 Å².